The van der Waals surface area contributed by atoms with Crippen molar-refractivity contribution in [2.45, 2.75) is 6.42 Å². The van der Waals surface area contributed by atoms with Crippen molar-refractivity contribution in [3.8, 4) is 45.9 Å². The van der Waals surface area contributed by atoms with E-state index >= 15 is 0 Å². The fourth-order valence-corrected chi connectivity index (χ4v) is 3.54. The first kappa shape index (κ1) is 17.0. The Balaban J connectivity index is 1.72. The molecule has 0 amide bonds. The van der Waals surface area contributed by atoms with Gasteiger partial charge in [-0.3, -0.25) is 4.98 Å². The van der Waals surface area contributed by atoms with Crippen LogP contribution in [0.2, 0.25) is 0 Å². The second-order valence-electron chi connectivity index (χ2n) is 6.77. The van der Waals surface area contributed by atoms with Gasteiger partial charge in [0, 0.05) is 23.7 Å². The molecule has 1 aliphatic rings. The second-order valence-corrected chi connectivity index (χ2v) is 6.77. The first-order valence-electron chi connectivity index (χ1n) is 9.24. The molecule has 6 nitrogen and oxygen atoms in total. The number of aromatic nitrogens is 3. The topological polar surface area (TPSA) is 84.0 Å². The van der Waals surface area contributed by atoms with Gasteiger partial charge in [-0.15, -0.1) is 0 Å². The number of hydrogen-bond donors (Lipinski definition) is 1. The number of hydrogen-bond acceptors (Lipinski definition) is 5. The standard InChI is InChI=1S/C23H16N4O2/c24-14-15-4-6-17(7-5-15)23-26-21(18-9-8-16-10-12-29-20(16)13-18)22(27(23)28)19-3-1-2-11-25-19/h1-9,11,13,28H,10,12H2. The van der Waals surface area contributed by atoms with E-state index in [2.05, 4.69) is 11.1 Å². The van der Waals surface area contributed by atoms with Crippen molar-refractivity contribution >= 4 is 0 Å². The maximum absolute atomic E-state index is 11.0. The van der Waals surface area contributed by atoms with Gasteiger partial charge in [0.25, 0.3) is 0 Å². The molecule has 0 spiro atoms. The highest BCUT2D eigenvalue weighted by Crippen LogP contribution is 2.37. The van der Waals surface area contributed by atoms with Gasteiger partial charge in [-0.25, -0.2) is 4.98 Å². The summed E-state index contributed by atoms with van der Waals surface area (Å²) in [4.78, 5) is 9.15. The predicted molar refractivity (Wildman–Crippen MR) is 107 cm³/mol. The molecule has 0 saturated carbocycles. The van der Waals surface area contributed by atoms with E-state index in [4.69, 9.17) is 15.0 Å². The minimum atomic E-state index is 0.381. The van der Waals surface area contributed by atoms with E-state index in [1.165, 1.54) is 5.56 Å². The molecular formula is C23H16N4O2. The Morgan fingerprint density at radius 2 is 1.86 bits per heavy atom. The van der Waals surface area contributed by atoms with Gasteiger partial charge in [0.15, 0.2) is 5.82 Å². The van der Waals surface area contributed by atoms with Crippen LogP contribution in [-0.2, 0) is 6.42 Å². The second kappa shape index (κ2) is 6.80. The van der Waals surface area contributed by atoms with Crippen molar-refractivity contribution in [1.82, 2.24) is 14.7 Å². The third kappa shape index (κ3) is 2.89. The lowest BCUT2D eigenvalue weighted by Gasteiger charge is -2.07. The number of ether oxygens (including phenoxy) is 1. The molecule has 0 aliphatic carbocycles. The van der Waals surface area contributed by atoms with Gasteiger partial charge >= 0.3 is 0 Å². The predicted octanol–water partition coefficient (Wildman–Crippen LogP) is 4.32. The minimum Gasteiger partial charge on any atom is -0.493 e. The molecule has 0 radical (unpaired) electrons. The Bertz CT molecular complexity index is 1240. The number of nitrogens with zero attached hydrogens (tertiary/aromatic N) is 4. The highest BCUT2D eigenvalue weighted by molar-refractivity contribution is 5.81. The molecule has 0 atom stereocenters. The van der Waals surface area contributed by atoms with Gasteiger partial charge in [0.2, 0.25) is 0 Å². The summed E-state index contributed by atoms with van der Waals surface area (Å²) in [5, 5.41) is 20.1. The summed E-state index contributed by atoms with van der Waals surface area (Å²) in [5.74, 6) is 1.23. The number of nitriles is 1. The average molecular weight is 380 g/mol. The fourth-order valence-electron chi connectivity index (χ4n) is 3.54. The highest BCUT2D eigenvalue weighted by Gasteiger charge is 2.23. The Hall–Kier alpha value is -4.11. The molecule has 140 valence electrons. The van der Waals surface area contributed by atoms with Crippen LogP contribution in [-0.4, -0.2) is 26.5 Å². The van der Waals surface area contributed by atoms with Gasteiger partial charge in [-0.05, 0) is 48.0 Å². The summed E-state index contributed by atoms with van der Waals surface area (Å²) in [7, 11) is 0. The molecule has 2 aromatic carbocycles. The van der Waals surface area contributed by atoms with Crippen LogP contribution >= 0.6 is 0 Å². The van der Waals surface area contributed by atoms with Crippen LogP contribution < -0.4 is 4.74 Å². The van der Waals surface area contributed by atoms with E-state index in [-0.39, 0.29) is 0 Å². The summed E-state index contributed by atoms with van der Waals surface area (Å²) in [5.41, 5.74) is 4.99. The highest BCUT2D eigenvalue weighted by atomic mass is 16.5. The first-order chi connectivity index (χ1) is 14.2. The SMILES string of the molecule is N#Cc1ccc(-c2nc(-c3ccc4c(c3)OCC4)c(-c3ccccn3)n2O)cc1. The zero-order valence-electron chi connectivity index (χ0n) is 15.4. The molecule has 2 aromatic heterocycles. The van der Waals surface area contributed by atoms with Crippen LogP contribution in [0.15, 0.2) is 66.9 Å². The Morgan fingerprint density at radius 3 is 2.62 bits per heavy atom. The maximum atomic E-state index is 11.0. The third-order valence-electron chi connectivity index (χ3n) is 5.00. The molecule has 3 heterocycles. The fraction of sp³-hybridized carbons (Fsp3) is 0.0870. The van der Waals surface area contributed by atoms with Crippen LogP contribution in [0, 0.1) is 11.3 Å². The molecule has 4 aromatic rings. The number of rotatable bonds is 3. The lowest BCUT2D eigenvalue weighted by Crippen LogP contribution is -1.98. The largest absolute Gasteiger partial charge is 0.493 e. The third-order valence-corrected chi connectivity index (χ3v) is 5.00. The Kier molecular flexibility index (Phi) is 3.99. The van der Waals surface area contributed by atoms with E-state index < -0.39 is 0 Å². The lowest BCUT2D eigenvalue weighted by atomic mass is 10.0. The van der Waals surface area contributed by atoms with E-state index in [0.717, 1.165) is 22.5 Å². The van der Waals surface area contributed by atoms with Crippen molar-refractivity contribution in [2.24, 2.45) is 0 Å². The number of pyridine rings is 1. The summed E-state index contributed by atoms with van der Waals surface area (Å²) in [6.07, 6.45) is 2.58. The molecule has 1 aliphatic heterocycles. The quantitative estimate of drug-likeness (QED) is 0.535. The van der Waals surface area contributed by atoms with E-state index in [9.17, 15) is 5.21 Å². The number of benzene rings is 2. The van der Waals surface area contributed by atoms with Gasteiger partial charge in [0.05, 0.1) is 23.9 Å². The monoisotopic (exact) mass is 380 g/mol. The molecule has 6 heteroatoms. The van der Waals surface area contributed by atoms with Crippen molar-refractivity contribution in [2.75, 3.05) is 6.61 Å². The van der Waals surface area contributed by atoms with Crippen molar-refractivity contribution < 1.29 is 9.94 Å². The number of fused-ring (bicyclic) bond motifs is 1. The smallest absolute Gasteiger partial charge is 0.176 e. The summed E-state index contributed by atoms with van der Waals surface area (Å²) in [6.45, 7) is 0.677. The molecule has 0 bridgehead atoms. The molecule has 29 heavy (non-hydrogen) atoms. The summed E-state index contributed by atoms with van der Waals surface area (Å²) < 4.78 is 6.77. The maximum Gasteiger partial charge on any atom is 0.176 e. The number of imidazole rings is 1. The van der Waals surface area contributed by atoms with E-state index in [1.807, 2.05) is 36.4 Å². The molecule has 1 N–H and O–H groups in total. The Labute approximate surface area is 167 Å². The summed E-state index contributed by atoms with van der Waals surface area (Å²) in [6, 6.07) is 20.6. The molecule has 0 saturated heterocycles. The molecule has 0 unspecified atom stereocenters. The zero-order chi connectivity index (χ0) is 19.8. The summed E-state index contributed by atoms with van der Waals surface area (Å²) >= 11 is 0. The molecule has 0 fully saturated rings. The van der Waals surface area contributed by atoms with Crippen LogP contribution in [0.1, 0.15) is 11.1 Å². The van der Waals surface area contributed by atoms with Gasteiger partial charge in [0.1, 0.15) is 17.1 Å². The normalized spacial score (nSPS) is 12.2. The lowest BCUT2D eigenvalue weighted by molar-refractivity contribution is 0.195. The van der Waals surface area contributed by atoms with Crippen molar-refractivity contribution in [3.63, 3.8) is 0 Å². The molecular weight excluding hydrogens is 364 g/mol. The van der Waals surface area contributed by atoms with Gasteiger partial charge in [-0.1, -0.05) is 18.2 Å². The van der Waals surface area contributed by atoms with Crippen LogP contribution in [0.5, 0.6) is 5.75 Å². The van der Waals surface area contributed by atoms with Gasteiger partial charge in [-0.2, -0.15) is 9.99 Å². The minimum absolute atomic E-state index is 0.381. The average Bonchev–Trinajstić information content (AvgIpc) is 3.38. The Morgan fingerprint density at radius 1 is 1.03 bits per heavy atom. The van der Waals surface area contributed by atoms with Gasteiger partial charge < -0.3 is 9.94 Å². The first-order valence-corrected chi connectivity index (χ1v) is 9.24. The van der Waals surface area contributed by atoms with Crippen LogP contribution in [0.25, 0.3) is 34.0 Å². The van der Waals surface area contributed by atoms with E-state index in [1.54, 1.807) is 30.5 Å². The molecule has 5 rings (SSSR count). The van der Waals surface area contributed by atoms with Crippen molar-refractivity contribution in [1.29, 1.82) is 5.26 Å². The van der Waals surface area contributed by atoms with E-state index in [0.29, 0.717) is 40.6 Å². The van der Waals surface area contributed by atoms with Crippen molar-refractivity contribution in [3.05, 3.63) is 78.0 Å². The van der Waals surface area contributed by atoms with Crippen LogP contribution in [0.4, 0.5) is 0 Å². The zero-order valence-corrected chi connectivity index (χ0v) is 15.4. The van der Waals surface area contributed by atoms with Crippen LogP contribution in [0.3, 0.4) is 0 Å².